The van der Waals surface area contributed by atoms with E-state index in [0.29, 0.717) is 5.56 Å². The van der Waals surface area contributed by atoms with Crippen LogP contribution in [0.2, 0.25) is 0 Å². The van der Waals surface area contributed by atoms with E-state index >= 15 is 0 Å². The third kappa shape index (κ3) is 4.61. The van der Waals surface area contributed by atoms with Crippen LogP contribution in [0.25, 0.3) is 12.2 Å². The highest BCUT2D eigenvalue weighted by molar-refractivity contribution is 7.99. The smallest absolute Gasteiger partial charge is 0.337 e. The molecule has 2 nitrogen and oxygen atoms in total. The van der Waals surface area contributed by atoms with Gasteiger partial charge in [0.05, 0.1) is 12.7 Å². The summed E-state index contributed by atoms with van der Waals surface area (Å²) in [6, 6.07) is 26.0. The standard InChI is InChI=1S/C22H18O2S/c1-24-22(23)19-15-12-17(13-16-19)11-14-18-7-5-6-10-21(18)25-20-8-3-2-4-9-20/h2-16H,1H3/b14-11+. The zero-order chi connectivity index (χ0) is 17.5. The van der Waals surface area contributed by atoms with Crippen LogP contribution in [-0.2, 0) is 4.74 Å². The zero-order valence-corrected chi connectivity index (χ0v) is 14.7. The summed E-state index contributed by atoms with van der Waals surface area (Å²) in [6.07, 6.45) is 4.14. The van der Waals surface area contributed by atoms with Crippen molar-refractivity contribution in [3.05, 3.63) is 95.6 Å². The maximum Gasteiger partial charge on any atom is 0.337 e. The summed E-state index contributed by atoms with van der Waals surface area (Å²) in [6.45, 7) is 0. The Kier molecular flexibility index (Phi) is 5.70. The molecule has 0 saturated carbocycles. The highest BCUT2D eigenvalue weighted by atomic mass is 32.2. The lowest BCUT2D eigenvalue weighted by Crippen LogP contribution is -2.00. The lowest BCUT2D eigenvalue weighted by atomic mass is 10.1. The normalized spacial score (nSPS) is 10.8. The molecule has 0 bridgehead atoms. The Bertz CT molecular complexity index is 868. The van der Waals surface area contributed by atoms with Crippen LogP contribution in [0.5, 0.6) is 0 Å². The van der Waals surface area contributed by atoms with Crippen molar-refractivity contribution in [3.63, 3.8) is 0 Å². The van der Waals surface area contributed by atoms with Crippen LogP contribution in [0.15, 0.2) is 88.7 Å². The lowest BCUT2D eigenvalue weighted by Gasteiger charge is -2.06. The molecule has 0 unspecified atom stereocenters. The number of carbonyl (C=O) groups excluding carboxylic acids is 1. The molecule has 25 heavy (non-hydrogen) atoms. The van der Waals surface area contributed by atoms with Crippen molar-refractivity contribution in [2.24, 2.45) is 0 Å². The van der Waals surface area contributed by atoms with E-state index in [-0.39, 0.29) is 5.97 Å². The minimum Gasteiger partial charge on any atom is -0.465 e. The van der Waals surface area contributed by atoms with Crippen molar-refractivity contribution < 1.29 is 9.53 Å². The summed E-state index contributed by atoms with van der Waals surface area (Å²) in [5.74, 6) is -0.319. The van der Waals surface area contributed by atoms with Gasteiger partial charge in [-0.25, -0.2) is 4.79 Å². The molecule has 0 N–H and O–H groups in total. The minimum atomic E-state index is -0.319. The van der Waals surface area contributed by atoms with Crippen molar-refractivity contribution in [1.82, 2.24) is 0 Å². The molecule has 124 valence electrons. The summed E-state index contributed by atoms with van der Waals surface area (Å²) in [5.41, 5.74) is 2.75. The summed E-state index contributed by atoms with van der Waals surface area (Å²) >= 11 is 1.75. The van der Waals surface area contributed by atoms with Gasteiger partial charge in [0.2, 0.25) is 0 Å². The molecule has 0 spiro atoms. The van der Waals surface area contributed by atoms with E-state index in [1.54, 1.807) is 23.9 Å². The SMILES string of the molecule is COC(=O)c1ccc(/C=C/c2ccccc2Sc2ccccc2)cc1. The Hall–Kier alpha value is -2.78. The van der Waals surface area contributed by atoms with Crippen molar-refractivity contribution >= 4 is 29.9 Å². The number of hydrogen-bond acceptors (Lipinski definition) is 3. The lowest BCUT2D eigenvalue weighted by molar-refractivity contribution is 0.0600. The predicted molar refractivity (Wildman–Crippen MR) is 104 cm³/mol. The van der Waals surface area contributed by atoms with Crippen LogP contribution in [0.1, 0.15) is 21.5 Å². The molecular weight excluding hydrogens is 328 g/mol. The van der Waals surface area contributed by atoms with Gasteiger partial charge in [-0.1, -0.05) is 72.4 Å². The molecule has 0 heterocycles. The molecule has 3 aromatic carbocycles. The maximum absolute atomic E-state index is 11.5. The summed E-state index contributed by atoms with van der Waals surface area (Å²) in [4.78, 5) is 13.9. The van der Waals surface area contributed by atoms with E-state index in [0.717, 1.165) is 11.1 Å². The average Bonchev–Trinajstić information content (AvgIpc) is 2.68. The Morgan fingerprint density at radius 2 is 1.52 bits per heavy atom. The molecule has 0 saturated heterocycles. The Balaban J connectivity index is 1.78. The van der Waals surface area contributed by atoms with Crippen LogP contribution in [0, 0.1) is 0 Å². The van der Waals surface area contributed by atoms with E-state index in [9.17, 15) is 4.79 Å². The zero-order valence-electron chi connectivity index (χ0n) is 13.9. The molecule has 0 amide bonds. The highest BCUT2D eigenvalue weighted by Gasteiger charge is 2.04. The molecule has 3 aromatic rings. The number of rotatable bonds is 5. The fourth-order valence-corrected chi connectivity index (χ4v) is 3.31. The molecule has 0 aromatic heterocycles. The molecule has 0 aliphatic carbocycles. The largest absolute Gasteiger partial charge is 0.465 e. The first-order chi connectivity index (χ1) is 12.3. The van der Waals surface area contributed by atoms with Gasteiger partial charge < -0.3 is 4.74 Å². The van der Waals surface area contributed by atoms with Crippen LogP contribution in [0.4, 0.5) is 0 Å². The fraction of sp³-hybridized carbons (Fsp3) is 0.0455. The van der Waals surface area contributed by atoms with Gasteiger partial charge in [-0.15, -0.1) is 0 Å². The molecule has 0 aliphatic rings. The maximum atomic E-state index is 11.5. The van der Waals surface area contributed by atoms with Gasteiger partial charge >= 0.3 is 5.97 Å². The van der Waals surface area contributed by atoms with Crippen molar-refractivity contribution in [3.8, 4) is 0 Å². The van der Waals surface area contributed by atoms with E-state index in [4.69, 9.17) is 4.74 Å². The van der Waals surface area contributed by atoms with Crippen molar-refractivity contribution in [1.29, 1.82) is 0 Å². The number of hydrogen-bond donors (Lipinski definition) is 0. The first-order valence-corrected chi connectivity index (χ1v) is 8.76. The van der Waals surface area contributed by atoms with Crippen LogP contribution < -0.4 is 0 Å². The van der Waals surface area contributed by atoms with E-state index in [1.165, 1.54) is 16.9 Å². The molecule has 3 rings (SSSR count). The van der Waals surface area contributed by atoms with Gasteiger partial charge in [0.25, 0.3) is 0 Å². The molecule has 0 atom stereocenters. The predicted octanol–water partition coefficient (Wildman–Crippen LogP) is 5.79. The van der Waals surface area contributed by atoms with Crippen molar-refractivity contribution in [2.45, 2.75) is 9.79 Å². The van der Waals surface area contributed by atoms with E-state index in [1.807, 2.05) is 48.5 Å². The highest BCUT2D eigenvalue weighted by Crippen LogP contribution is 2.31. The Morgan fingerprint density at radius 3 is 2.24 bits per heavy atom. The number of carbonyl (C=O) groups is 1. The summed E-state index contributed by atoms with van der Waals surface area (Å²) in [7, 11) is 1.39. The fourth-order valence-electron chi connectivity index (χ4n) is 2.36. The van der Waals surface area contributed by atoms with Gasteiger partial charge in [-0.05, 0) is 41.5 Å². The van der Waals surface area contributed by atoms with Gasteiger partial charge in [0.1, 0.15) is 0 Å². The van der Waals surface area contributed by atoms with Crippen LogP contribution in [-0.4, -0.2) is 13.1 Å². The number of methoxy groups -OCH3 is 1. The Labute approximate surface area is 152 Å². The van der Waals surface area contributed by atoms with Crippen molar-refractivity contribution in [2.75, 3.05) is 7.11 Å². The van der Waals surface area contributed by atoms with E-state index in [2.05, 4.69) is 30.3 Å². The van der Waals surface area contributed by atoms with Crippen LogP contribution in [0.3, 0.4) is 0 Å². The van der Waals surface area contributed by atoms with Gasteiger partial charge in [-0.3, -0.25) is 0 Å². The third-order valence-electron chi connectivity index (χ3n) is 3.68. The van der Waals surface area contributed by atoms with Gasteiger partial charge in [0.15, 0.2) is 0 Å². The summed E-state index contributed by atoms with van der Waals surface area (Å²) < 4.78 is 4.72. The second-order valence-electron chi connectivity index (χ2n) is 5.40. The third-order valence-corrected chi connectivity index (χ3v) is 4.78. The molecule has 0 fully saturated rings. The quantitative estimate of drug-likeness (QED) is 0.432. The monoisotopic (exact) mass is 346 g/mol. The Morgan fingerprint density at radius 1 is 0.840 bits per heavy atom. The van der Waals surface area contributed by atoms with Crippen LogP contribution >= 0.6 is 11.8 Å². The number of ether oxygens (including phenoxy) is 1. The second kappa shape index (κ2) is 8.36. The first kappa shape index (κ1) is 17.1. The molecular formula is C22H18O2S. The first-order valence-electron chi connectivity index (χ1n) is 7.94. The molecule has 0 aliphatic heterocycles. The number of benzene rings is 3. The molecule has 3 heteroatoms. The van der Waals surface area contributed by atoms with E-state index < -0.39 is 0 Å². The average molecular weight is 346 g/mol. The van der Waals surface area contributed by atoms with Gasteiger partial charge in [-0.2, -0.15) is 0 Å². The summed E-state index contributed by atoms with van der Waals surface area (Å²) in [5, 5.41) is 0. The number of esters is 1. The van der Waals surface area contributed by atoms with Gasteiger partial charge in [0, 0.05) is 9.79 Å². The minimum absolute atomic E-state index is 0.319. The second-order valence-corrected chi connectivity index (χ2v) is 6.52. The molecule has 0 radical (unpaired) electrons. The topological polar surface area (TPSA) is 26.3 Å².